The molecule has 0 aliphatic carbocycles. The van der Waals surface area contributed by atoms with Crippen LogP contribution in [0.25, 0.3) is 0 Å². The van der Waals surface area contributed by atoms with Crippen LogP contribution in [-0.4, -0.2) is 30.4 Å². The van der Waals surface area contributed by atoms with E-state index in [4.69, 9.17) is 4.74 Å². The van der Waals surface area contributed by atoms with E-state index < -0.39 is 10.8 Å². The number of methoxy groups -OCH3 is 1. The highest BCUT2D eigenvalue weighted by Gasteiger charge is 2.36. The van der Waals surface area contributed by atoms with Crippen molar-refractivity contribution < 1.29 is 19.2 Å². The number of nitrogens with zero attached hydrogens (tertiary/aromatic N) is 2. The Bertz CT molecular complexity index is 963. The Kier molecular flexibility index (Phi) is 5.64. The molecule has 2 aromatic rings. The standard InChI is InChI=1S/C19H18BrN3O5/c1-11-7-13(3-5-15(11)20)21-19(25)12-8-18(24)22(10-12)16-6-4-14(23(26)27)9-17(16)28-2/h3-7,9,12H,8,10H2,1-2H3,(H,21,25)/t12-/m1/s1. The summed E-state index contributed by atoms with van der Waals surface area (Å²) in [4.78, 5) is 36.9. The number of benzene rings is 2. The van der Waals surface area contributed by atoms with E-state index >= 15 is 0 Å². The maximum atomic E-state index is 12.6. The lowest BCUT2D eigenvalue weighted by Gasteiger charge is -2.19. The average molecular weight is 448 g/mol. The molecule has 1 atom stereocenters. The molecule has 8 nitrogen and oxygen atoms in total. The number of carbonyl (C=O) groups excluding carboxylic acids is 2. The fourth-order valence-electron chi connectivity index (χ4n) is 3.09. The van der Waals surface area contributed by atoms with E-state index in [1.54, 1.807) is 6.07 Å². The molecule has 3 rings (SSSR count). The number of nitro groups is 1. The van der Waals surface area contributed by atoms with Crippen LogP contribution in [0.15, 0.2) is 40.9 Å². The lowest BCUT2D eigenvalue weighted by Crippen LogP contribution is -2.28. The van der Waals surface area contributed by atoms with Crippen LogP contribution in [-0.2, 0) is 9.59 Å². The highest BCUT2D eigenvalue weighted by atomic mass is 79.9. The molecular weight excluding hydrogens is 430 g/mol. The molecule has 1 fully saturated rings. The Morgan fingerprint density at radius 3 is 2.71 bits per heavy atom. The van der Waals surface area contributed by atoms with Gasteiger partial charge in [0.25, 0.3) is 5.69 Å². The second-order valence-corrected chi connectivity index (χ2v) is 7.33. The van der Waals surface area contributed by atoms with Crippen LogP contribution >= 0.6 is 15.9 Å². The Morgan fingerprint density at radius 1 is 1.32 bits per heavy atom. The minimum atomic E-state index is -0.533. The van der Waals surface area contributed by atoms with Gasteiger partial charge in [0.15, 0.2) is 0 Å². The number of ether oxygens (including phenoxy) is 1. The van der Waals surface area contributed by atoms with Crippen molar-refractivity contribution in [3.63, 3.8) is 0 Å². The van der Waals surface area contributed by atoms with Gasteiger partial charge in [0.05, 0.1) is 29.7 Å². The number of carbonyl (C=O) groups is 2. The monoisotopic (exact) mass is 447 g/mol. The first-order valence-corrected chi connectivity index (χ1v) is 9.29. The van der Waals surface area contributed by atoms with Crippen LogP contribution in [0, 0.1) is 23.0 Å². The van der Waals surface area contributed by atoms with E-state index in [-0.39, 0.29) is 36.2 Å². The second kappa shape index (κ2) is 7.97. The van der Waals surface area contributed by atoms with Crippen LogP contribution in [0.1, 0.15) is 12.0 Å². The Labute approximate surface area is 169 Å². The van der Waals surface area contributed by atoms with Gasteiger partial charge >= 0.3 is 0 Å². The van der Waals surface area contributed by atoms with E-state index in [0.29, 0.717) is 11.4 Å². The number of aryl methyl sites for hydroxylation is 1. The van der Waals surface area contributed by atoms with Crippen molar-refractivity contribution in [1.82, 2.24) is 0 Å². The summed E-state index contributed by atoms with van der Waals surface area (Å²) in [7, 11) is 1.38. The maximum absolute atomic E-state index is 12.6. The van der Waals surface area contributed by atoms with Gasteiger partial charge in [0.1, 0.15) is 5.75 Å². The third-order valence-electron chi connectivity index (χ3n) is 4.59. The van der Waals surface area contributed by atoms with Gasteiger partial charge in [-0.15, -0.1) is 0 Å². The van der Waals surface area contributed by atoms with Crippen molar-refractivity contribution in [1.29, 1.82) is 0 Å². The molecule has 146 valence electrons. The van der Waals surface area contributed by atoms with Crippen LogP contribution in [0.3, 0.4) is 0 Å². The molecule has 28 heavy (non-hydrogen) atoms. The average Bonchev–Trinajstić information content (AvgIpc) is 3.05. The summed E-state index contributed by atoms with van der Waals surface area (Å²) in [6, 6.07) is 9.51. The number of hydrogen-bond acceptors (Lipinski definition) is 5. The summed E-state index contributed by atoms with van der Waals surface area (Å²) >= 11 is 3.41. The number of non-ortho nitro benzene ring substituents is 1. The van der Waals surface area contributed by atoms with Gasteiger partial charge in [-0.05, 0) is 36.8 Å². The lowest BCUT2D eigenvalue weighted by atomic mass is 10.1. The van der Waals surface area contributed by atoms with Gasteiger partial charge in [0, 0.05) is 29.2 Å². The molecule has 0 saturated carbocycles. The van der Waals surface area contributed by atoms with Crippen molar-refractivity contribution in [2.24, 2.45) is 5.92 Å². The Hall–Kier alpha value is -2.94. The zero-order valence-electron chi connectivity index (χ0n) is 15.3. The van der Waals surface area contributed by atoms with Crippen LogP contribution in [0.4, 0.5) is 17.1 Å². The quantitative estimate of drug-likeness (QED) is 0.556. The number of nitro benzene ring substituents is 1. The minimum absolute atomic E-state index is 0.0570. The molecular formula is C19H18BrN3O5. The van der Waals surface area contributed by atoms with E-state index in [9.17, 15) is 19.7 Å². The minimum Gasteiger partial charge on any atom is -0.494 e. The number of anilines is 2. The van der Waals surface area contributed by atoms with E-state index in [2.05, 4.69) is 21.2 Å². The molecule has 0 aromatic heterocycles. The lowest BCUT2D eigenvalue weighted by molar-refractivity contribution is -0.384. The predicted molar refractivity (Wildman–Crippen MR) is 108 cm³/mol. The van der Waals surface area contributed by atoms with Gasteiger partial charge in [-0.1, -0.05) is 15.9 Å². The molecule has 9 heteroatoms. The molecule has 1 heterocycles. The third-order valence-corrected chi connectivity index (χ3v) is 5.48. The maximum Gasteiger partial charge on any atom is 0.273 e. The first-order valence-electron chi connectivity index (χ1n) is 8.50. The van der Waals surface area contributed by atoms with Crippen LogP contribution in [0.5, 0.6) is 5.75 Å². The van der Waals surface area contributed by atoms with Crippen molar-refractivity contribution >= 4 is 44.8 Å². The fraction of sp³-hybridized carbons (Fsp3) is 0.263. The summed E-state index contributed by atoms with van der Waals surface area (Å²) < 4.78 is 6.15. The highest BCUT2D eigenvalue weighted by molar-refractivity contribution is 9.10. The number of nitrogens with one attached hydrogen (secondary N) is 1. The SMILES string of the molecule is COc1cc([N+](=O)[O-])ccc1N1C[C@H](C(=O)Nc2ccc(Br)c(C)c2)CC1=O. The smallest absolute Gasteiger partial charge is 0.273 e. The number of halogens is 1. The summed E-state index contributed by atoms with van der Waals surface area (Å²) in [6.45, 7) is 2.09. The molecule has 1 aliphatic heterocycles. The van der Waals surface area contributed by atoms with E-state index in [0.717, 1.165) is 10.0 Å². The van der Waals surface area contributed by atoms with Crippen LogP contribution < -0.4 is 15.0 Å². The van der Waals surface area contributed by atoms with E-state index in [1.807, 2.05) is 19.1 Å². The molecule has 2 amide bonds. The van der Waals surface area contributed by atoms with Gasteiger partial charge < -0.3 is 15.0 Å². The van der Waals surface area contributed by atoms with Crippen LogP contribution in [0.2, 0.25) is 0 Å². The summed E-state index contributed by atoms with van der Waals surface area (Å²) in [5, 5.41) is 13.8. The largest absolute Gasteiger partial charge is 0.494 e. The zero-order valence-corrected chi connectivity index (χ0v) is 16.9. The predicted octanol–water partition coefficient (Wildman–Crippen LogP) is 3.67. The van der Waals surface area contributed by atoms with Crippen molar-refractivity contribution in [2.75, 3.05) is 23.9 Å². The second-order valence-electron chi connectivity index (χ2n) is 6.47. The topological polar surface area (TPSA) is 102 Å². The molecule has 1 saturated heterocycles. The summed E-state index contributed by atoms with van der Waals surface area (Å²) in [6.07, 6.45) is 0.0570. The zero-order chi connectivity index (χ0) is 20.4. The highest BCUT2D eigenvalue weighted by Crippen LogP contribution is 2.36. The van der Waals surface area contributed by atoms with Crippen molar-refractivity contribution in [2.45, 2.75) is 13.3 Å². The molecule has 0 spiro atoms. The van der Waals surface area contributed by atoms with Gasteiger partial charge in [-0.3, -0.25) is 19.7 Å². The van der Waals surface area contributed by atoms with E-state index in [1.165, 1.54) is 30.2 Å². The van der Waals surface area contributed by atoms with Gasteiger partial charge in [-0.2, -0.15) is 0 Å². The van der Waals surface area contributed by atoms with Crippen molar-refractivity contribution in [3.8, 4) is 5.75 Å². The number of hydrogen-bond donors (Lipinski definition) is 1. The van der Waals surface area contributed by atoms with Gasteiger partial charge in [-0.25, -0.2) is 0 Å². The molecule has 0 bridgehead atoms. The first kappa shape index (κ1) is 19.8. The normalized spacial score (nSPS) is 16.2. The molecule has 1 N–H and O–H groups in total. The Balaban J connectivity index is 1.77. The molecule has 0 radical (unpaired) electrons. The third kappa shape index (κ3) is 3.99. The molecule has 0 unspecified atom stereocenters. The molecule has 2 aromatic carbocycles. The first-order chi connectivity index (χ1) is 13.3. The summed E-state index contributed by atoms with van der Waals surface area (Å²) in [5.41, 5.74) is 1.92. The van der Waals surface area contributed by atoms with Crippen molar-refractivity contribution in [3.05, 3.63) is 56.5 Å². The fourth-order valence-corrected chi connectivity index (χ4v) is 3.33. The molecule has 1 aliphatic rings. The number of rotatable bonds is 5. The summed E-state index contributed by atoms with van der Waals surface area (Å²) in [5.74, 6) is -0.804. The number of amides is 2. The Morgan fingerprint density at radius 2 is 2.07 bits per heavy atom. The van der Waals surface area contributed by atoms with Gasteiger partial charge in [0.2, 0.25) is 11.8 Å².